The minimum absolute atomic E-state index is 0.0570. The number of hydrogen-bond donors (Lipinski definition) is 2. The highest BCUT2D eigenvalue weighted by molar-refractivity contribution is 5.94. The molecule has 24 heavy (non-hydrogen) atoms. The number of cyclic esters (lactones) is 1. The second kappa shape index (κ2) is 10.1. The van der Waals surface area contributed by atoms with Crippen LogP contribution >= 0.6 is 0 Å². The Morgan fingerprint density at radius 2 is 2.08 bits per heavy atom. The Morgan fingerprint density at radius 1 is 1.38 bits per heavy atom. The molecule has 0 fully saturated rings. The summed E-state index contributed by atoms with van der Waals surface area (Å²) in [6, 6.07) is 0. The number of carboxylic acids is 1. The lowest BCUT2D eigenvalue weighted by molar-refractivity contribution is -0.147. The van der Waals surface area contributed by atoms with Gasteiger partial charge in [-0.3, -0.25) is 0 Å². The number of ether oxygens (including phenoxy) is 1. The van der Waals surface area contributed by atoms with E-state index in [-0.39, 0.29) is 5.57 Å². The molecule has 134 valence electrons. The molecule has 0 radical (unpaired) electrons. The van der Waals surface area contributed by atoms with E-state index in [2.05, 4.69) is 13.8 Å². The summed E-state index contributed by atoms with van der Waals surface area (Å²) in [6.07, 6.45) is 9.59. The van der Waals surface area contributed by atoms with Crippen LogP contribution in [-0.4, -0.2) is 34.4 Å². The molecule has 0 aromatic rings. The smallest absolute Gasteiger partial charge is 0.338 e. The topological polar surface area (TPSA) is 83.8 Å². The van der Waals surface area contributed by atoms with Crippen molar-refractivity contribution in [2.75, 3.05) is 0 Å². The number of carbonyl (C=O) groups is 2. The summed E-state index contributed by atoms with van der Waals surface area (Å²) in [5.41, 5.74) is 0.873. The number of aliphatic hydroxyl groups excluding tert-OH is 1. The van der Waals surface area contributed by atoms with Crippen LogP contribution in [0.4, 0.5) is 0 Å². The van der Waals surface area contributed by atoms with Gasteiger partial charge in [-0.25, -0.2) is 9.59 Å². The molecule has 1 heterocycles. The van der Waals surface area contributed by atoms with Crippen LogP contribution in [0.3, 0.4) is 0 Å². The molecule has 1 unspecified atom stereocenters. The molecule has 0 aromatic carbocycles. The maximum absolute atomic E-state index is 11.9. The largest absolute Gasteiger partial charge is 0.478 e. The maximum atomic E-state index is 11.9. The molecule has 5 nitrogen and oxygen atoms in total. The summed E-state index contributed by atoms with van der Waals surface area (Å²) in [7, 11) is 0. The molecule has 5 heteroatoms. The third-order valence-electron chi connectivity index (χ3n) is 4.04. The second-order valence-corrected chi connectivity index (χ2v) is 6.35. The first-order valence-corrected chi connectivity index (χ1v) is 8.55. The lowest BCUT2D eigenvalue weighted by Crippen LogP contribution is -2.36. The zero-order valence-electron chi connectivity index (χ0n) is 14.7. The van der Waals surface area contributed by atoms with Crippen LogP contribution in [0.15, 0.2) is 35.5 Å². The first kappa shape index (κ1) is 20.2. The van der Waals surface area contributed by atoms with Gasteiger partial charge in [0.2, 0.25) is 0 Å². The van der Waals surface area contributed by atoms with Gasteiger partial charge in [0.25, 0.3) is 0 Å². The van der Waals surface area contributed by atoms with Gasteiger partial charge in [0.15, 0.2) is 6.10 Å². The van der Waals surface area contributed by atoms with Gasteiger partial charge < -0.3 is 14.9 Å². The van der Waals surface area contributed by atoms with Gasteiger partial charge in [0.1, 0.15) is 6.10 Å². The van der Waals surface area contributed by atoms with Crippen molar-refractivity contribution in [2.24, 2.45) is 5.92 Å². The zero-order valence-corrected chi connectivity index (χ0v) is 14.7. The molecule has 0 aromatic heterocycles. The Balaban J connectivity index is 2.68. The fourth-order valence-electron chi connectivity index (χ4n) is 2.76. The number of allylic oxidation sites excluding steroid dienone is 1. The van der Waals surface area contributed by atoms with Gasteiger partial charge in [-0.15, -0.1) is 0 Å². The van der Waals surface area contributed by atoms with Crippen LogP contribution < -0.4 is 0 Å². The summed E-state index contributed by atoms with van der Waals surface area (Å²) in [6.45, 7) is 6.14. The monoisotopic (exact) mass is 336 g/mol. The van der Waals surface area contributed by atoms with Crippen LogP contribution in [0.2, 0.25) is 0 Å². The van der Waals surface area contributed by atoms with E-state index in [1.54, 1.807) is 0 Å². The Kier molecular flexibility index (Phi) is 8.47. The van der Waals surface area contributed by atoms with E-state index in [1.165, 1.54) is 25.3 Å². The fraction of sp³-hybridized carbons (Fsp3) is 0.579. The van der Waals surface area contributed by atoms with E-state index < -0.39 is 24.1 Å². The third kappa shape index (κ3) is 6.71. The van der Waals surface area contributed by atoms with Crippen molar-refractivity contribution in [1.29, 1.82) is 0 Å². The number of aliphatic carboxylic acids is 1. The molecule has 1 rings (SSSR count). The average molecular weight is 336 g/mol. The lowest BCUT2D eigenvalue weighted by atomic mass is 9.95. The molecule has 0 saturated carbocycles. The van der Waals surface area contributed by atoms with E-state index in [9.17, 15) is 14.7 Å². The second-order valence-electron chi connectivity index (χ2n) is 6.35. The highest BCUT2D eigenvalue weighted by Crippen LogP contribution is 2.23. The van der Waals surface area contributed by atoms with Crippen molar-refractivity contribution >= 4 is 11.9 Å². The van der Waals surface area contributed by atoms with Crippen molar-refractivity contribution in [3.63, 3.8) is 0 Å². The number of aliphatic hydroxyl groups is 1. The molecular weight excluding hydrogens is 308 g/mol. The summed E-state index contributed by atoms with van der Waals surface area (Å²) in [4.78, 5) is 22.4. The molecule has 3 atom stereocenters. The summed E-state index contributed by atoms with van der Waals surface area (Å²) >= 11 is 0. The van der Waals surface area contributed by atoms with Crippen molar-refractivity contribution in [1.82, 2.24) is 0 Å². The summed E-state index contributed by atoms with van der Waals surface area (Å²) < 4.78 is 5.28. The number of hydrogen-bond acceptors (Lipinski definition) is 4. The highest BCUT2D eigenvalue weighted by Gasteiger charge is 2.30. The molecule has 0 amide bonds. The van der Waals surface area contributed by atoms with E-state index in [1.807, 2.05) is 13.0 Å². The molecule has 0 saturated heterocycles. The van der Waals surface area contributed by atoms with E-state index in [0.29, 0.717) is 5.92 Å². The van der Waals surface area contributed by atoms with Crippen molar-refractivity contribution < 1.29 is 24.5 Å². The van der Waals surface area contributed by atoms with Crippen molar-refractivity contribution in [3.05, 3.63) is 35.5 Å². The van der Waals surface area contributed by atoms with Crippen LogP contribution in [-0.2, 0) is 14.3 Å². The molecule has 1 aliphatic rings. The molecular formula is C19H28O5. The number of carboxylic acid groups (broad SMARTS) is 1. The molecule has 0 spiro atoms. The Morgan fingerprint density at radius 3 is 2.71 bits per heavy atom. The predicted octanol–water partition coefficient (Wildman–Crippen LogP) is 3.39. The Hall–Kier alpha value is -1.88. The molecule has 1 aliphatic heterocycles. The minimum atomic E-state index is -1.16. The highest BCUT2D eigenvalue weighted by atomic mass is 16.6. The number of carbonyl (C=O) groups excluding carboxylic acids is 1. The SMILES string of the molecule is CCCCCCC(C)/C=C(\C)[C@H]1OC(=O)C(/C=C/C(=O)O)=C[C@H]1O. The van der Waals surface area contributed by atoms with Gasteiger partial charge in [-0.2, -0.15) is 0 Å². The summed E-state index contributed by atoms with van der Waals surface area (Å²) in [5, 5.41) is 18.8. The predicted molar refractivity (Wildman–Crippen MR) is 92.4 cm³/mol. The van der Waals surface area contributed by atoms with Crippen LogP contribution in [0.25, 0.3) is 0 Å². The Bertz CT molecular complexity index is 530. The van der Waals surface area contributed by atoms with Crippen LogP contribution in [0.5, 0.6) is 0 Å². The van der Waals surface area contributed by atoms with Crippen molar-refractivity contribution in [3.8, 4) is 0 Å². The van der Waals surface area contributed by atoms with Gasteiger partial charge in [0, 0.05) is 6.08 Å². The number of unbranched alkanes of at least 4 members (excludes halogenated alkanes) is 3. The number of esters is 1. The van der Waals surface area contributed by atoms with Gasteiger partial charge in [-0.05, 0) is 37.0 Å². The lowest BCUT2D eigenvalue weighted by Gasteiger charge is -2.27. The molecule has 0 aliphatic carbocycles. The maximum Gasteiger partial charge on any atom is 0.338 e. The van der Waals surface area contributed by atoms with Crippen LogP contribution in [0.1, 0.15) is 52.9 Å². The fourth-order valence-corrected chi connectivity index (χ4v) is 2.76. The van der Waals surface area contributed by atoms with Crippen LogP contribution in [0, 0.1) is 5.92 Å². The summed E-state index contributed by atoms with van der Waals surface area (Å²) in [5.74, 6) is -1.43. The van der Waals surface area contributed by atoms with E-state index in [4.69, 9.17) is 9.84 Å². The minimum Gasteiger partial charge on any atom is -0.478 e. The quantitative estimate of drug-likeness (QED) is 0.292. The van der Waals surface area contributed by atoms with Gasteiger partial charge in [-0.1, -0.05) is 45.6 Å². The standard InChI is InChI=1S/C19H28O5/c1-4-5-6-7-8-13(2)11-14(3)18-16(20)12-15(19(23)24-18)9-10-17(21)22/h9-13,16,18,20H,4-8H2,1-3H3,(H,21,22)/b10-9+,14-11+/t13?,16-,18-/m1/s1. The average Bonchev–Trinajstić information content (AvgIpc) is 2.51. The Labute approximate surface area is 143 Å². The van der Waals surface area contributed by atoms with E-state index >= 15 is 0 Å². The normalized spacial score (nSPS) is 23.1. The first-order chi connectivity index (χ1) is 11.3. The molecule has 0 bridgehead atoms. The van der Waals surface area contributed by atoms with Crippen molar-refractivity contribution in [2.45, 2.75) is 65.1 Å². The van der Waals surface area contributed by atoms with Gasteiger partial charge in [0.05, 0.1) is 5.57 Å². The van der Waals surface area contributed by atoms with E-state index in [0.717, 1.165) is 30.6 Å². The zero-order chi connectivity index (χ0) is 18.1. The third-order valence-corrected chi connectivity index (χ3v) is 4.04. The number of rotatable bonds is 9. The van der Waals surface area contributed by atoms with Gasteiger partial charge >= 0.3 is 11.9 Å². The molecule has 2 N–H and O–H groups in total. The first-order valence-electron chi connectivity index (χ1n) is 8.55.